The third-order valence-corrected chi connectivity index (χ3v) is 2.45. The van der Waals surface area contributed by atoms with E-state index in [4.69, 9.17) is 0 Å². The molecule has 0 saturated carbocycles. The first-order chi connectivity index (χ1) is 6.37. The first-order valence-corrected chi connectivity index (χ1v) is 5.35. The Hall–Kier alpha value is -0.570. The largest absolute Gasteiger partial charge is 0.352 e. The molecular weight excluding hydrogens is 176 g/mol. The van der Waals surface area contributed by atoms with Crippen molar-refractivity contribution in [3.8, 4) is 0 Å². The summed E-state index contributed by atoms with van der Waals surface area (Å²) in [6, 6.07) is 0.370. The molecule has 82 valence electrons. The highest BCUT2D eigenvalue weighted by atomic mass is 16.1. The SMILES string of the molecule is CN1CCC(NC(=O)CC(C)(C)C)C1. The second-order valence-electron chi connectivity index (χ2n) is 5.55. The van der Waals surface area contributed by atoms with Crippen molar-refractivity contribution in [2.24, 2.45) is 5.41 Å². The number of hydrogen-bond donors (Lipinski definition) is 1. The summed E-state index contributed by atoms with van der Waals surface area (Å²) >= 11 is 0. The van der Waals surface area contributed by atoms with Crippen LogP contribution in [0.4, 0.5) is 0 Å². The van der Waals surface area contributed by atoms with Crippen molar-refractivity contribution in [1.29, 1.82) is 0 Å². The molecule has 0 bridgehead atoms. The highest BCUT2D eigenvalue weighted by molar-refractivity contribution is 5.76. The maximum absolute atomic E-state index is 11.6. The molecule has 0 spiro atoms. The molecule has 0 aromatic carbocycles. The van der Waals surface area contributed by atoms with E-state index in [0.29, 0.717) is 12.5 Å². The number of hydrogen-bond acceptors (Lipinski definition) is 2. The molecule has 0 radical (unpaired) electrons. The summed E-state index contributed by atoms with van der Waals surface area (Å²) in [5, 5.41) is 3.09. The van der Waals surface area contributed by atoms with Crippen molar-refractivity contribution in [3.05, 3.63) is 0 Å². The van der Waals surface area contributed by atoms with E-state index in [1.54, 1.807) is 0 Å². The number of rotatable bonds is 2. The summed E-state index contributed by atoms with van der Waals surface area (Å²) in [4.78, 5) is 13.8. The van der Waals surface area contributed by atoms with Gasteiger partial charge in [-0.2, -0.15) is 0 Å². The van der Waals surface area contributed by atoms with Gasteiger partial charge in [0.2, 0.25) is 5.91 Å². The van der Waals surface area contributed by atoms with Gasteiger partial charge in [-0.05, 0) is 25.4 Å². The Bertz CT molecular complexity index is 208. The third kappa shape index (κ3) is 4.09. The van der Waals surface area contributed by atoms with Gasteiger partial charge in [0.05, 0.1) is 0 Å². The summed E-state index contributed by atoms with van der Waals surface area (Å²) in [5.74, 6) is 0.192. The van der Waals surface area contributed by atoms with Crippen LogP contribution in [0.15, 0.2) is 0 Å². The molecule has 0 aliphatic carbocycles. The van der Waals surface area contributed by atoms with Crippen LogP contribution in [0.1, 0.15) is 33.6 Å². The molecule has 1 N–H and O–H groups in total. The summed E-state index contributed by atoms with van der Waals surface area (Å²) in [6.45, 7) is 8.37. The molecule has 1 amide bonds. The van der Waals surface area contributed by atoms with Gasteiger partial charge >= 0.3 is 0 Å². The third-order valence-electron chi connectivity index (χ3n) is 2.45. The minimum absolute atomic E-state index is 0.0919. The molecule has 0 aromatic heterocycles. The number of likely N-dealkylation sites (N-methyl/N-ethyl adjacent to an activating group) is 1. The first-order valence-electron chi connectivity index (χ1n) is 5.35. The Kier molecular flexibility index (Phi) is 3.53. The minimum Gasteiger partial charge on any atom is -0.352 e. The van der Waals surface area contributed by atoms with Gasteiger partial charge in [-0.25, -0.2) is 0 Å². The lowest BCUT2D eigenvalue weighted by atomic mass is 9.92. The van der Waals surface area contributed by atoms with E-state index in [1.165, 1.54) is 0 Å². The van der Waals surface area contributed by atoms with E-state index in [1.807, 2.05) is 0 Å². The van der Waals surface area contributed by atoms with Crippen LogP contribution >= 0.6 is 0 Å². The number of amides is 1. The molecule has 1 unspecified atom stereocenters. The van der Waals surface area contributed by atoms with Crippen LogP contribution in [0.3, 0.4) is 0 Å². The maximum Gasteiger partial charge on any atom is 0.220 e. The summed E-state index contributed by atoms with van der Waals surface area (Å²) < 4.78 is 0. The van der Waals surface area contributed by atoms with E-state index in [2.05, 4.69) is 38.0 Å². The molecule has 1 aliphatic rings. The fourth-order valence-corrected chi connectivity index (χ4v) is 1.81. The molecule has 3 nitrogen and oxygen atoms in total. The highest BCUT2D eigenvalue weighted by Crippen LogP contribution is 2.18. The predicted molar refractivity (Wildman–Crippen MR) is 58.1 cm³/mol. The van der Waals surface area contributed by atoms with Crippen LogP contribution in [0.25, 0.3) is 0 Å². The van der Waals surface area contributed by atoms with Crippen LogP contribution in [-0.4, -0.2) is 37.0 Å². The topological polar surface area (TPSA) is 32.3 Å². The predicted octanol–water partition coefficient (Wildman–Crippen LogP) is 1.24. The monoisotopic (exact) mass is 198 g/mol. The molecule has 3 heteroatoms. The van der Waals surface area contributed by atoms with E-state index >= 15 is 0 Å². The van der Waals surface area contributed by atoms with Crippen molar-refractivity contribution in [1.82, 2.24) is 10.2 Å². The van der Waals surface area contributed by atoms with Crippen molar-refractivity contribution in [2.75, 3.05) is 20.1 Å². The van der Waals surface area contributed by atoms with Crippen LogP contribution in [0, 0.1) is 5.41 Å². The zero-order chi connectivity index (χ0) is 10.8. The summed E-state index contributed by atoms with van der Waals surface area (Å²) in [6.07, 6.45) is 1.71. The molecule has 1 aliphatic heterocycles. The lowest BCUT2D eigenvalue weighted by molar-refractivity contribution is -0.123. The first kappa shape index (κ1) is 11.5. The smallest absolute Gasteiger partial charge is 0.220 e. The van der Waals surface area contributed by atoms with E-state index in [-0.39, 0.29) is 11.3 Å². The van der Waals surface area contributed by atoms with Crippen molar-refractivity contribution in [2.45, 2.75) is 39.7 Å². The fourth-order valence-electron chi connectivity index (χ4n) is 1.81. The highest BCUT2D eigenvalue weighted by Gasteiger charge is 2.23. The lowest BCUT2D eigenvalue weighted by Gasteiger charge is -2.19. The molecule has 1 atom stereocenters. The van der Waals surface area contributed by atoms with Crippen molar-refractivity contribution >= 4 is 5.91 Å². The van der Waals surface area contributed by atoms with E-state index < -0.39 is 0 Å². The van der Waals surface area contributed by atoms with Crippen molar-refractivity contribution in [3.63, 3.8) is 0 Å². The van der Waals surface area contributed by atoms with Crippen LogP contribution in [0.2, 0.25) is 0 Å². The number of nitrogens with zero attached hydrogens (tertiary/aromatic N) is 1. The van der Waals surface area contributed by atoms with E-state index in [9.17, 15) is 4.79 Å². The van der Waals surface area contributed by atoms with Gasteiger partial charge in [0, 0.05) is 19.0 Å². The quantitative estimate of drug-likeness (QED) is 0.724. The maximum atomic E-state index is 11.6. The van der Waals surface area contributed by atoms with Gasteiger partial charge in [0.25, 0.3) is 0 Å². The van der Waals surface area contributed by atoms with Crippen molar-refractivity contribution < 1.29 is 4.79 Å². The molecule has 14 heavy (non-hydrogen) atoms. The van der Waals surface area contributed by atoms with Crippen LogP contribution in [-0.2, 0) is 4.79 Å². The molecule has 1 fully saturated rings. The molecule has 1 saturated heterocycles. The van der Waals surface area contributed by atoms with Gasteiger partial charge in [0.1, 0.15) is 0 Å². The second kappa shape index (κ2) is 4.30. The summed E-state index contributed by atoms with van der Waals surface area (Å²) in [5.41, 5.74) is 0.0919. The zero-order valence-corrected chi connectivity index (χ0v) is 9.76. The zero-order valence-electron chi connectivity index (χ0n) is 9.76. The average Bonchev–Trinajstić information content (AvgIpc) is 2.30. The molecule has 1 heterocycles. The van der Waals surface area contributed by atoms with Gasteiger partial charge < -0.3 is 10.2 Å². The Labute approximate surface area is 86.9 Å². The fraction of sp³-hybridized carbons (Fsp3) is 0.909. The molecule has 0 aromatic rings. The minimum atomic E-state index is 0.0919. The Morgan fingerprint density at radius 2 is 2.14 bits per heavy atom. The second-order valence-corrected chi connectivity index (χ2v) is 5.55. The Balaban J connectivity index is 2.27. The number of carbonyl (C=O) groups excluding carboxylic acids is 1. The number of nitrogens with one attached hydrogen (secondary N) is 1. The number of likely N-dealkylation sites (tertiary alicyclic amines) is 1. The summed E-state index contributed by atoms with van der Waals surface area (Å²) in [7, 11) is 2.09. The van der Waals surface area contributed by atoms with Crippen LogP contribution in [0.5, 0.6) is 0 Å². The average molecular weight is 198 g/mol. The van der Waals surface area contributed by atoms with Gasteiger partial charge in [-0.15, -0.1) is 0 Å². The molecular formula is C11H22N2O. The van der Waals surface area contributed by atoms with Crippen LogP contribution < -0.4 is 5.32 Å². The standard InChI is InChI=1S/C11H22N2O/c1-11(2,3)7-10(14)12-9-5-6-13(4)8-9/h9H,5-8H2,1-4H3,(H,12,14). The molecule has 1 rings (SSSR count). The Morgan fingerprint density at radius 1 is 1.50 bits per heavy atom. The van der Waals surface area contributed by atoms with Gasteiger partial charge in [0.15, 0.2) is 0 Å². The van der Waals surface area contributed by atoms with Gasteiger partial charge in [-0.3, -0.25) is 4.79 Å². The normalized spacial score (nSPS) is 23.9. The Morgan fingerprint density at radius 3 is 2.57 bits per heavy atom. The van der Waals surface area contributed by atoms with E-state index in [0.717, 1.165) is 19.5 Å². The number of carbonyl (C=O) groups is 1. The van der Waals surface area contributed by atoms with Gasteiger partial charge in [-0.1, -0.05) is 20.8 Å². The lowest BCUT2D eigenvalue weighted by Crippen LogP contribution is -2.38.